The first-order valence-electron chi connectivity index (χ1n) is 8.92. The van der Waals surface area contributed by atoms with E-state index in [1.54, 1.807) is 0 Å². The van der Waals surface area contributed by atoms with Crippen LogP contribution in [0.25, 0.3) is 0 Å². The van der Waals surface area contributed by atoms with Gasteiger partial charge in [0, 0.05) is 39.3 Å². The fourth-order valence-corrected chi connectivity index (χ4v) is 3.61. The molecule has 0 unspecified atom stereocenters. The zero-order chi connectivity index (χ0) is 19.2. The summed E-state index contributed by atoms with van der Waals surface area (Å²) in [4.78, 5) is 14.0. The lowest BCUT2D eigenvalue weighted by Gasteiger charge is -2.33. The first-order chi connectivity index (χ1) is 12.3. The summed E-state index contributed by atoms with van der Waals surface area (Å²) in [6.07, 6.45) is 1.24. The number of benzene rings is 1. The second-order valence-corrected chi connectivity index (χ2v) is 8.85. The number of nitrogens with zero attached hydrogens (tertiary/aromatic N) is 2. The SMILES string of the molecule is CC(C)c1ccc(OCC(=O)NCCN2CCN(S(C)(=O)=O)CC2)cc1. The molecule has 0 atom stereocenters. The Morgan fingerprint density at radius 1 is 1.15 bits per heavy atom. The van der Waals surface area contributed by atoms with E-state index >= 15 is 0 Å². The number of hydrogen-bond donors (Lipinski definition) is 1. The maximum Gasteiger partial charge on any atom is 0.257 e. The fraction of sp³-hybridized carbons (Fsp3) is 0.611. The van der Waals surface area contributed by atoms with Crippen LogP contribution in [0.2, 0.25) is 0 Å². The van der Waals surface area contributed by atoms with Gasteiger partial charge in [-0.15, -0.1) is 0 Å². The monoisotopic (exact) mass is 383 g/mol. The molecule has 0 bridgehead atoms. The van der Waals surface area contributed by atoms with Crippen LogP contribution in [0.15, 0.2) is 24.3 Å². The van der Waals surface area contributed by atoms with Crippen LogP contribution in [0.1, 0.15) is 25.3 Å². The third kappa shape index (κ3) is 6.59. The highest BCUT2D eigenvalue weighted by atomic mass is 32.2. The Balaban J connectivity index is 1.62. The molecule has 8 heteroatoms. The number of sulfonamides is 1. The molecule has 0 aliphatic carbocycles. The van der Waals surface area contributed by atoms with E-state index in [0.717, 1.165) is 0 Å². The summed E-state index contributed by atoms with van der Waals surface area (Å²) in [6, 6.07) is 7.77. The van der Waals surface area contributed by atoms with Crippen LogP contribution in [-0.4, -0.2) is 75.7 Å². The molecule has 0 spiro atoms. The van der Waals surface area contributed by atoms with Crippen molar-refractivity contribution in [2.75, 3.05) is 52.1 Å². The van der Waals surface area contributed by atoms with Crippen LogP contribution >= 0.6 is 0 Å². The lowest BCUT2D eigenvalue weighted by Crippen LogP contribution is -2.50. The number of ether oxygens (including phenoxy) is 1. The van der Waals surface area contributed by atoms with Crippen molar-refractivity contribution in [1.82, 2.24) is 14.5 Å². The molecule has 1 aliphatic rings. The van der Waals surface area contributed by atoms with Crippen molar-refractivity contribution in [2.24, 2.45) is 0 Å². The molecule has 1 N–H and O–H groups in total. The van der Waals surface area contributed by atoms with Crippen molar-refractivity contribution in [3.05, 3.63) is 29.8 Å². The van der Waals surface area contributed by atoms with Gasteiger partial charge in [-0.1, -0.05) is 26.0 Å². The largest absolute Gasteiger partial charge is 0.484 e. The van der Waals surface area contributed by atoms with Crippen LogP contribution in [0.3, 0.4) is 0 Å². The number of piperazine rings is 1. The highest BCUT2D eigenvalue weighted by Crippen LogP contribution is 2.18. The summed E-state index contributed by atoms with van der Waals surface area (Å²) in [7, 11) is -3.10. The van der Waals surface area contributed by atoms with Gasteiger partial charge in [0.05, 0.1) is 6.26 Å². The van der Waals surface area contributed by atoms with E-state index in [2.05, 4.69) is 24.1 Å². The van der Waals surface area contributed by atoms with Gasteiger partial charge in [-0.2, -0.15) is 4.31 Å². The van der Waals surface area contributed by atoms with Gasteiger partial charge in [-0.3, -0.25) is 9.69 Å². The van der Waals surface area contributed by atoms with Crippen molar-refractivity contribution in [3.63, 3.8) is 0 Å². The van der Waals surface area contributed by atoms with Gasteiger partial charge in [-0.05, 0) is 23.6 Å². The first kappa shape index (κ1) is 20.7. The fourth-order valence-electron chi connectivity index (χ4n) is 2.79. The molecule has 0 radical (unpaired) electrons. The Bertz CT molecular complexity index is 681. The van der Waals surface area contributed by atoms with Gasteiger partial charge in [0.1, 0.15) is 5.75 Å². The lowest BCUT2D eigenvalue weighted by atomic mass is 10.0. The Morgan fingerprint density at radius 2 is 1.77 bits per heavy atom. The van der Waals surface area contributed by atoms with E-state index in [4.69, 9.17) is 4.74 Å². The normalized spacial score (nSPS) is 16.6. The van der Waals surface area contributed by atoms with Gasteiger partial charge in [0.2, 0.25) is 10.0 Å². The van der Waals surface area contributed by atoms with Crippen LogP contribution in [-0.2, 0) is 14.8 Å². The molecule has 0 aromatic heterocycles. The van der Waals surface area contributed by atoms with Crippen LogP contribution in [0.5, 0.6) is 5.75 Å². The molecule has 1 aromatic rings. The summed E-state index contributed by atoms with van der Waals surface area (Å²) >= 11 is 0. The molecule has 0 saturated carbocycles. The minimum atomic E-state index is -3.10. The van der Waals surface area contributed by atoms with Gasteiger partial charge in [-0.25, -0.2) is 8.42 Å². The van der Waals surface area contributed by atoms with Gasteiger partial charge < -0.3 is 10.1 Å². The quantitative estimate of drug-likeness (QED) is 0.721. The van der Waals surface area contributed by atoms with Crippen molar-refractivity contribution in [1.29, 1.82) is 0 Å². The van der Waals surface area contributed by atoms with E-state index < -0.39 is 10.0 Å². The summed E-state index contributed by atoms with van der Waals surface area (Å²) in [6.45, 7) is 7.84. The molecular formula is C18H29N3O4S. The molecule has 2 rings (SSSR count). The van der Waals surface area contributed by atoms with Crippen LogP contribution < -0.4 is 10.1 Å². The number of amides is 1. The van der Waals surface area contributed by atoms with Crippen LogP contribution in [0.4, 0.5) is 0 Å². The van der Waals surface area contributed by atoms with Crippen LogP contribution in [0, 0.1) is 0 Å². The predicted octanol–water partition coefficient (Wildman–Crippen LogP) is 0.882. The minimum Gasteiger partial charge on any atom is -0.484 e. The average molecular weight is 384 g/mol. The van der Waals surface area contributed by atoms with E-state index in [1.165, 1.54) is 16.1 Å². The zero-order valence-electron chi connectivity index (χ0n) is 15.8. The van der Waals surface area contributed by atoms with Gasteiger partial charge in [0.15, 0.2) is 6.61 Å². The molecule has 1 saturated heterocycles. The molecule has 1 amide bonds. The standard InChI is InChI=1S/C18H29N3O4S/c1-15(2)16-4-6-17(7-5-16)25-14-18(22)19-8-9-20-10-12-21(13-11-20)26(3,23)24/h4-7,15H,8-14H2,1-3H3,(H,19,22). The first-order valence-corrected chi connectivity index (χ1v) is 10.8. The predicted molar refractivity (Wildman–Crippen MR) is 102 cm³/mol. The van der Waals surface area contributed by atoms with Gasteiger partial charge >= 0.3 is 0 Å². The minimum absolute atomic E-state index is 0.0110. The molecule has 146 valence electrons. The Hall–Kier alpha value is -1.64. The second kappa shape index (κ2) is 9.34. The van der Waals surface area contributed by atoms with Gasteiger partial charge in [0.25, 0.3) is 5.91 Å². The maximum atomic E-state index is 11.9. The number of hydrogen-bond acceptors (Lipinski definition) is 5. The smallest absolute Gasteiger partial charge is 0.257 e. The Kier molecular flexibility index (Phi) is 7.43. The molecule has 7 nitrogen and oxygen atoms in total. The third-order valence-corrected chi connectivity index (χ3v) is 5.77. The Morgan fingerprint density at radius 3 is 2.31 bits per heavy atom. The zero-order valence-corrected chi connectivity index (χ0v) is 16.6. The number of carbonyl (C=O) groups excluding carboxylic acids is 1. The lowest BCUT2D eigenvalue weighted by molar-refractivity contribution is -0.123. The highest BCUT2D eigenvalue weighted by Gasteiger charge is 2.22. The average Bonchev–Trinajstić information content (AvgIpc) is 2.60. The van der Waals surface area contributed by atoms with Crippen molar-refractivity contribution in [3.8, 4) is 5.75 Å². The molecule has 1 aromatic carbocycles. The molecule has 1 fully saturated rings. The molecule has 1 heterocycles. The number of rotatable bonds is 8. The number of nitrogens with one attached hydrogen (secondary N) is 1. The molecular weight excluding hydrogens is 354 g/mol. The van der Waals surface area contributed by atoms with E-state index in [9.17, 15) is 13.2 Å². The third-order valence-electron chi connectivity index (χ3n) is 4.47. The summed E-state index contributed by atoms with van der Waals surface area (Å²) < 4.78 is 29.9. The van der Waals surface area contributed by atoms with Crippen molar-refractivity contribution >= 4 is 15.9 Å². The Labute approximate surface area is 156 Å². The van der Waals surface area contributed by atoms with E-state index in [0.29, 0.717) is 50.9 Å². The maximum absolute atomic E-state index is 11.9. The van der Waals surface area contributed by atoms with Crippen molar-refractivity contribution < 1.29 is 17.9 Å². The van der Waals surface area contributed by atoms with E-state index in [1.807, 2.05) is 24.3 Å². The highest BCUT2D eigenvalue weighted by molar-refractivity contribution is 7.88. The summed E-state index contributed by atoms with van der Waals surface area (Å²) in [5, 5.41) is 2.83. The topological polar surface area (TPSA) is 79.0 Å². The number of carbonyl (C=O) groups is 1. The molecule has 1 aliphatic heterocycles. The van der Waals surface area contributed by atoms with E-state index in [-0.39, 0.29) is 12.5 Å². The summed E-state index contributed by atoms with van der Waals surface area (Å²) in [5.41, 5.74) is 1.23. The second-order valence-electron chi connectivity index (χ2n) is 6.87. The van der Waals surface area contributed by atoms with Crippen molar-refractivity contribution in [2.45, 2.75) is 19.8 Å². The summed E-state index contributed by atoms with van der Waals surface area (Å²) in [5.74, 6) is 0.987. The molecule has 26 heavy (non-hydrogen) atoms.